The molecule has 20 heavy (non-hydrogen) atoms. The Labute approximate surface area is 119 Å². The van der Waals surface area contributed by atoms with Crippen LogP contribution in [0.25, 0.3) is 0 Å². The van der Waals surface area contributed by atoms with Gasteiger partial charge in [0, 0.05) is 12.3 Å². The van der Waals surface area contributed by atoms with E-state index in [0.717, 1.165) is 17.7 Å². The first-order chi connectivity index (χ1) is 9.50. The largest absolute Gasteiger partial charge is 0.496 e. The van der Waals surface area contributed by atoms with Gasteiger partial charge in [0.15, 0.2) is 0 Å². The first-order valence-electron chi connectivity index (χ1n) is 6.95. The molecule has 2 amide bonds. The Morgan fingerprint density at radius 1 is 1.35 bits per heavy atom. The van der Waals surface area contributed by atoms with Crippen molar-refractivity contribution in [3.63, 3.8) is 0 Å². The molecule has 1 N–H and O–H groups in total. The number of amides is 2. The maximum Gasteiger partial charge on any atom is 0.230 e. The summed E-state index contributed by atoms with van der Waals surface area (Å²) in [5.74, 6) is 0.324. The molecular weight excluding hydrogens is 254 g/mol. The smallest absolute Gasteiger partial charge is 0.230 e. The monoisotopic (exact) mass is 275 g/mol. The highest BCUT2D eigenvalue weighted by atomic mass is 16.5. The summed E-state index contributed by atoms with van der Waals surface area (Å²) >= 11 is 0. The Bertz CT molecular complexity index is 526. The number of imide groups is 1. The number of hydrogen-bond donors (Lipinski definition) is 1. The molecule has 2 atom stereocenters. The topological polar surface area (TPSA) is 55.4 Å². The summed E-state index contributed by atoms with van der Waals surface area (Å²) in [6.07, 6.45) is 1.76. The summed E-state index contributed by atoms with van der Waals surface area (Å²) < 4.78 is 5.37. The van der Waals surface area contributed by atoms with Crippen LogP contribution in [0.4, 0.5) is 0 Å². The van der Waals surface area contributed by atoms with Crippen LogP contribution in [0.15, 0.2) is 24.3 Å². The molecular formula is C16H21NO3. The number of rotatable bonds is 4. The lowest BCUT2D eigenvalue weighted by atomic mass is 9.67. The number of piperidine rings is 1. The van der Waals surface area contributed by atoms with E-state index in [2.05, 4.69) is 5.32 Å². The predicted octanol–water partition coefficient (Wildman–Crippen LogP) is 2.32. The van der Waals surface area contributed by atoms with Gasteiger partial charge in [-0.05, 0) is 29.9 Å². The summed E-state index contributed by atoms with van der Waals surface area (Å²) in [6, 6.07) is 7.77. The fourth-order valence-corrected chi connectivity index (χ4v) is 3.22. The maximum atomic E-state index is 12.0. The molecule has 1 saturated heterocycles. The molecule has 1 fully saturated rings. The Balaban J connectivity index is 2.32. The van der Waals surface area contributed by atoms with Gasteiger partial charge in [0.2, 0.25) is 11.8 Å². The molecule has 2 unspecified atom stereocenters. The van der Waals surface area contributed by atoms with Crippen LogP contribution in [0.3, 0.4) is 0 Å². The van der Waals surface area contributed by atoms with Crippen molar-refractivity contribution >= 4 is 11.8 Å². The molecule has 1 aliphatic rings. The number of methoxy groups -OCH3 is 1. The van der Waals surface area contributed by atoms with Crippen molar-refractivity contribution in [2.24, 2.45) is 11.3 Å². The summed E-state index contributed by atoms with van der Waals surface area (Å²) in [6.45, 7) is 4.00. The Hall–Kier alpha value is -1.84. The molecule has 4 nitrogen and oxygen atoms in total. The van der Waals surface area contributed by atoms with Crippen LogP contribution in [0.5, 0.6) is 5.75 Å². The highest BCUT2D eigenvalue weighted by Crippen LogP contribution is 2.41. The summed E-state index contributed by atoms with van der Waals surface area (Å²) in [5.41, 5.74) is 0.682. The van der Waals surface area contributed by atoms with Crippen molar-refractivity contribution in [2.45, 2.75) is 33.1 Å². The third kappa shape index (κ3) is 2.69. The number of hydrogen-bond acceptors (Lipinski definition) is 3. The highest BCUT2D eigenvalue weighted by molar-refractivity contribution is 5.99. The van der Waals surface area contributed by atoms with Crippen molar-refractivity contribution in [3.8, 4) is 5.75 Å². The van der Waals surface area contributed by atoms with E-state index in [0.29, 0.717) is 12.8 Å². The number of ether oxygens (including phenoxy) is 1. The van der Waals surface area contributed by atoms with Crippen LogP contribution < -0.4 is 10.1 Å². The van der Waals surface area contributed by atoms with Crippen molar-refractivity contribution in [2.75, 3.05) is 7.11 Å². The van der Waals surface area contributed by atoms with Gasteiger partial charge in [-0.3, -0.25) is 14.9 Å². The van der Waals surface area contributed by atoms with E-state index in [4.69, 9.17) is 4.74 Å². The molecule has 0 spiro atoms. The third-order valence-corrected chi connectivity index (χ3v) is 4.18. The second kappa shape index (κ2) is 5.65. The molecule has 4 heteroatoms. The lowest BCUT2D eigenvalue weighted by Crippen LogP contribution is -2.51. The lowest BCUT2D eigenvalue weighted by Gasteiger charge is -2.39. The van der Waals surface area contributed by atoms with E-state index < -0.39 is 0 Å². The molecule has 1 aromatic rings. The summed E-state index contributed by atoms with van der Waals surface area (Å²) in [7, 11) is 1.64. The SMILES string of the molecule is CCC1C(=O)NC(=O)CC1(C)Cc1ccccc1OC. The average molecular weight is 275 g/mol. The molecule has 1 heterocycles. The number of carbonyl (C=O) groups excluding carboxylic acids is 2. The van der Waals surface area contributed by atoms with E-state index in [9.17, 15) is 9.59 Å². The molecule has 1 aromatic carbocycles. The highest BCUT2D eigenvalue weighted by Gasteiger charge is 2.44. The fraction of sp³-hybridized carbons (Fsp3) is 0.500. The quantitative estimate of drug-likeness (QED) is 0.858. The number of benzene rings is 1. The molecule has 1 aliphatic heterocycles. The second-order valence-corrected chi connectivity index (χ2v) is 5.69. The fourth-order valence-electron chi connectivity index (χ4n) is 3.22. The molecule has 0 bridgehead atoms. The molecule has 0 aromatic heterocycles. The first kappa shape index (κ1) is 14.6. The van der Waals surface area contributed by atoms with Crippen LogP contribution >= 0.6 is 0 Å². The third-order valence-electron chi connectivity index (χ3n) is 4.18. The van der Waals surface area contributed by atoms with Gasteiger partial charge in [-0.2, -0.15) is 0 Å². The standard InChI is InChI=1S/C16H21NO3/c1-4-12-15(19)17-14(18)10-16(12,2)9-11-7-5-6-8-13(11)20-3/h5-8,12H,4,9-10H2,1-3H3,(H,17,18,19). The van der Waals surface area contributed by atoms with Gasteiger partial charge in [-0.25, -0.2) is 0 Å². The van der Waals surface area contributed by atoms with Gasteiger partial charge in [0.1, 0.15) is 5.75 Å². The van der Waals surface area contributed by atoms with Gasteiger partial charge in [-0.15, -0.1) is 0 Å². The first-order valence-corrected chi connectivity index (χ1v) is 6.95. The summed E-state index contributed by atoms with van der Waals surface area (Å²) in [4.78, 5) is 23.8. The van der Waals surface area contributed by atoms with Crippen molar-refractivity contribution in [1.82, 2.24) is 5.32 Å². The van der Waals surface area contributed by atoms with Gasteiger partial charge in [-0.1, -0.05) is 32.0 Å². The molecule has 108 valence electrons. The van der Waals surface area contributed by atoms with E-state index in [1.54, 1.807) is 7.11 Å². The van der Waals surface area contributed by atoms with Crippen LogP contribution in [-0.2, 0) is 16.0 Å². The Morgan fingerprint density at radius 3 is 2.70 bits per heavy atom. The normalized spacial score (nSPS) is 26.2. The zero-order valence-corrected chi connectivity index (χ0v) is 12.2. The van der Waals surface area contributed by atoms with Gasteiger partial charge < -0.3 is 4.74 Å². The zero-order chi connectivity index (χ0) is 14.8. The Morgan fingerprint density at radius 2 is 2.05 bits per heavy atom. The van der Waals surface area contributed by atoms with Crippen LogP contribution in [0.2, 0.25) is 0 Å². The minimum Gasteiger partial charge on any atom is -0.496 e. The lowest BCUT2D eigenvalue weighted by molar-refractivity contribution is -0.143. The number of carbonyl (C=O) groups is 2. The molecule has 0 radical (unpaired) electrons. The van der Waals surface area contributed by atoms with Gasteiger partial charge >= 0.3 is 0 Å². The molecule has 0 saturated carbocycles. The number of para-hydroxylation sites is 1. The van der Waals surface area contributed by atoms with E-state index in [-0.39, 0.29) is 23.1 Å². The van der Waals surface area contributed by atoms with Crippen LogP contribution in [0, 0.1) is 11.3 Å². The number of nitrogens with one attached hydrogen (secondary N) is 1. The van der Waals surface area contributed by atoms with Crippen LogP contribution in [0.1, 0.15) is 32.3 Å². The Kier molecular flexibility index (Phi) is 4.12. The van der Waals surface area contributed by atoms with Crippen molar-refractivity contribution < 1.29 is 14.3 Å². The van der Waals surface area contributed by atoms with Gasteiger partial charge in [0.25, 0.3) is 0 Å². The van der Waals surface area contributed by atoms with E-state index >= 15 is 0 Å². The average Bonchev–Trinajstić information content (AvgIpc) is 2.38. The van der Waals surface area contributed by atoms with E-state index in [1.807, 2.05) is 38.1 Å². The van der Waals surface area contributed by atoms with Gasteiger partial charge in [0.05, 0.1) is 7.11 Å². The second-order valence-electron chi connectivity index (χ2n) is 5.69. The summed E-state index contributed by atoms with van der Waals surface area (Å²) in [5, 5.41) is 2.44. The van der Waals surface area contributed by atoms with Crippen molar-refractivity contribution in [1.29, 1.82) is 0 Å². The van der Waals surface area contributed by atoms with Crippen LogP contribution in [-0.4, -0.2) is 18.9 Å². The molecule has 2 rings (SSSR count). The minimum atomic E-state index is -0.358. The van der Waals surface area contributed by atoms with E-state index in [1.165, 1.54) is 0 Å². The maximum absolute atomic E-state index is 12.0. The molecule has 0 aliphatic carbocycles. The van der Waals surface area contributed by atoms with Crippen molar-refractivity contribution in [3.05, 3.63) is 29.8 Å². The minimum absolute atomic E-state index is 0.148. The zero-order valence-electron chi connectivity index (χ0n) is 12.2. The predicted molar refractivity (Wildman–Crippen MR) is 76.4 cm³/mol.